The summed E-state index contributed by atoms with van der Waals surface area (Å²) in [4.78, 5) is 46.7. The molecule has 10 nitrogen and oxygen atoms in total. The summed E-state index contributed by atoms with van der Waals surface area (Å²) in [6.07, 6.45) is 4.70. The summed E-state index contributed by atoms with van der Waals surface area (Å²) >= 11 is 1.64. The van der Waals surface area contributed by atoms with E-state index in [1.807, 2.05) is 60.0 Å². The first-order valence-electron chi connectivity index (χ1n) is 14.3. The molecule has 40 heavy (non-hydrogen) atoms. The zero-order valence-corrected chi connectivity index (χ0v) is 24.6. The van der Waals surface area contributed by atoms with Gasteiger partial charge in [-0.1, -0.05) is 44.2 Å². The van der Waals surface area contributed by atoms with Crippen LogP contribution in [0.1, 0.15) is 57.8 Å². The third-order valence-electron chi connectivity index (χ3n) is 7.53. The molecule has 0 saturated carbocycles. The molecule has 1 fully saturated rings. The van der Waals surface area contributed by atoms with Gasteiger partial charge in [-0.3, -0.25) is 14.4 Å². The second kappa shape index (κ2) is 14.6. The van der Waals surface area contributed by atoms with Crippen molar-refractivity contribution in [3.8, 4) is 11.4 Å². The van der Waals surface area contributed by atoms with E-state index in [0.29, 0.717) is 70.2 Å². The van der Waals surface area contributed by atoms with E-state index in [2.05, 4.69) is 10.6 Å². The number of hydrogen-bond donors (Lipinski definition) is 2. The van der Waals surface area contributed by atoms with Gasteiger partial charge in [-0.25, -0.2) is 9.67 Å². The highest BCUT2D eigenvalue weighted by Crippen LogP contribution is 2.25. The first kappa shape index (κ1) is 30.0. The summed E-state index contributed by atoms with van der Waals surface area (Å²) in [6, 6.07) is 8.69. The molecule has 1 saturated heterocycles. The Hall–Kier alpha value is -2.92. The van der Waals surface area contributed by atoms with Crippen molar-refractivity contribution >= 4 is 29.5 Å². The van der Waals surface area contributed by atoms with Crippen LogP contribution in [0.5, 0.6) is 0 Å². The first-order chi connectivity index (χ1) is 19.4. The number of hydrogen-bond acceptors (Lipinski definition) is 7. The van der Waals surface area contributed by atoms with E-state index in [1.54, 1.807) is 11.8 Å². The summed E-state index contributed by atoms with van der Waals surface area (Å²) in [5, 5.41) is 11.0. The first-order valence-corrected chi connectivity index (χ1v) is 15.7. The van der Waals surface area contributed by atoms with Crippen LogP contribution in [0.3, 0.4) is 0 Å². The number of fused-ring (bicyclic) bond motifs is 1. The number of rotatable bonds is 6. The fourth-order valence-corrected chi connectivity index (χ4v) is 5.66. The Morgan fingerprint density at radius 3 is 2.55 bits per heavy atom. The van der Waals surface area contributed by atoms with E-state index >= 15 is 0 Å². The van der Waals surface area contributed by atoms with Gasteiger partial charge in [0.1, 0.15) is 6.04 Å². The van der Waals surface area contributed by atoms with Gasteiger partial charge in [-0.05, 0) is 43.6 Å². The topological polar surface area (TPSA) is 118 Å². The number of nitrogens with one attached hydrogen (secondary N) is 2. The fraction of sp³-hybridized carbons (Fsp3) is 0.621. The van der Waals surface area contributed by atoms with Crippen LogP contribution in [-0.2, 0) is 25.7 Å². The van der Waals surface area contributed by atoms with Crippen LogP contribution in [-0.4, -0.2) is 81.7 Å². The number of carbonyl (C=O) groups excluding carboxylic acids is 3. The Kier molecular flexibility index (Phi) is 11.0. The van der Waals surface area contributed by atoms with Gasteiger partial charge in [0.15, 0.2) is 11.6 Å². The van der Waals surface area contributed by atoms with Crippen LogP contribution in [0.15, 0.2) is 30.3 Å². The number of amides is 3. The Labute approximate surface area is 241 Å². The molecule has 0 bridgehead atoms. The third kappa shape index (κ3) is 7.84. The highest BCUT2D eigenvalue weighted by molar-refractivity contribution is 7.98. The highest BCUT2D eigenvalue weighted by Gasteiger charge is 2.31. The summed E-state index contributed by atoms with van der Waals surface area (Å²) in [5.41, 5.74) is 0.884. The van der Waals surface area contributed by atoms with E-state index in [9.17, 15) is 14.4 Å². The number of carbonyl (C=O) groups is 3. The van der Waals surface area contributed by atoms with Crippen molar-refractivity contribution in [1.29, 1.82) is 0 Å². The smallest absolute Gasteiger partial charge is 0.243 e. The molecule has 3 amide bonds. The van der Waals surface area contributed by atoms with Crippen molar-refractivity contribution in [3.05, 3.63) is 36.2 Å². The van der Waals surface area contributed by atoms with Gasteiger partial charge in [0.2, 0.25) is 17.7 Å². The highest BCUT2D eigenvalue weighted by atomic mass is 32.2. The molecule has 0 aliphatic carbocycles. The SMILES string of the molecule is CSCC[C@@H]1NC(=O)CCCN(C(=O)C2CCOCC2)CCn2nc(-c3ccccc3)nc2[C@@H](C(C)C)NC1=O. The zero-order chi connectivity index (χ0) is 28.5. The number of ether oxygens (including phenoxy) is 1. The van der Waals surface area contributed by atoms with Crippen LogP contribution >= 0.6 is 11.8 Å². The Morgan fingerprint density at radius 1 is 1.10 bits per heavy atom. The van der Waals surface area contributed by atoms with Gasteiger partial charge in [-0.2, -0.15) is 16.9 Å². The minimum atomic E-state index is -0.644. The standard InChI is InChI=1S/C29H42N6O4S/c1-20(2)25-27-32-26(21-8-5-4-6-9-21)33-35(27)16-15-34(29(38)22-11-17-39-18-12-22)14-7-10-24(36)30-23(13-19-40-3)28(37)31-25/h4-6,8-9,20,22-23,25H,7,10-19H2,1-3H3,(H,30,36)(H,31,37)/t23-,25+/m0/s1. The Bertz CT molecular complexity index is 1130. The van der Waals surface area contributed by atoms with E-state index < -0.39 is 12.1 Å². The van der Waals surface area contributed by atoms with E-state index in [-0.39, 0.29) is 36.0 Å². The lowest BCUT2D eigenvalue weighted by Gasteiger charge is -2.30. The minimum Gasteiger partial charge on any atom is -0.381 e. The van der Waals surface area contributed by atoms with Crippen LogP contribution < -0.4 is 10.6 Å². The molecule has 2 atom stereocenters. The average molecular weight is 571 g/mol. The molecular weight excluding hydrogens is 528 g/mol. The molecule has 0 unspecified atom stereocenters. The van der Waals surface area contributed by atoms with Crippen LogP contribution in [0.25, 0.3) is 11.4 Å². The third-order valence-corrected chi connectivity index (χ3v) is 8.18. The fourth-order valence-electron chi connectivity index (χ4n) is 5.19. The predicted molar refractivity (Wildman–Crippen MR) is 155 cm³/mol. The largest absolute Gasteiger partial charge is 0.381 e. The van der Waals surface area contributed by atoms with Crippen LogP contribution in [0, 0.1) is 11.8 Å². The maximum absolute atomic E-state index is 13.6. The van der Waals surface area contributed by atoms with Crippen molar-refractivity contribution in [2.75, 3.05) is 38.3 Å². The number of thioether (sulfide) groups is 1. The monoisotopic (exact) mass is 570 g/mol. The van der Waals surface area contributed by atoms with Gasteiger partial charge in [0.25, 0.3) is 0 Å². The zero-order valence-electron chi connectivity index (χ0n) is 23.8. The number of aromatic nitrogens is 3. The normalized spacial score (nSPS) is 21.9. The van der Waals surface area contributed by atoms with Crippen LogP contribution in [0.2, 0.25) is 0 Å². The summed E-state index contributed by atoms with van der Waals surface area (Å²) in [7, 11) is 0. The van der Waals surface area contributed by atoms with E-state index in [1.165, 1.54) is 0 Å². The molecule has 3 heterocycles. The molecule has 11 heteroatoms. The molecule has 2 N–H and O–H groups in total. The molecule has 4 rings (SSSR count). The summed E-state index contributed by atoms with van der Waals surface area (Å²) < 4.78 is 7.32. The lowest BCUT2D eigenvalue weighted by Crippen LogP contribution is -2.49. The summed E-state index contributed by atoms with van der Waals surface area (Å²) in [6.45, 7) is 6.59. The second-order valence-electron chi connectivity index (χ2n) is 10.8. The van der Waals surface area contributed by atoms with Gasteiger partial charge >= 0.3 is 0 Å². The molecule has 0 spiro atoms. The Morgan fingerprint density at radius 2 is 1.85 bits per heavy atom. The number of benzene rings is 1. The van der Waals surface area contributed by atoms with Crippen molar-refractivity contribution in [2.45, 2.75) is 64.6 Å². The van der Waals surface area contributed by atoms with Gasteiger partial charge in [-0.15, -0.1) is 0 Å². The quantitative estimate of drug-likeness (QED) is 0.548. The maximum atomic E-state index is 13.6. The van der Waals surface area contributed by atoms with Crippen molar-refractivity contribution in [1.82, 2.24) is 30.3 Å². The lowest BCUT2D eigenvalue weighted by molar-refractivity contribution is -0.139. The minimum absolute atomic E-state index is 0.0142. The predicted octanol–water partition coefficient (Wildman–Crippen LogP) is 3.05. The van der Waals surface area contributed by atoms with Gasteiger partial charge < -0.3 is 20.3 Å². The maximum Gasteiger partial charge on any atom is 0.243 e. The average Bonchev–Trinajstić information content (AvgIpc) is 3.39. The Balaban J connectivity index is 1.69. The van der Waals surface area contributed by atoms with Gasteiger partial charge in [0, 0.05) is 44.2 Å². The molecule has 0 radical (unpaired) electrons. The molecule has 2 aromatic rings. The van der Waals surface area contributed by atoms with E-state index in [0.717, 1.165) is 11.3 Å². The molecule has 218 valence electrons. The molecule has 1 aromatic heterocycles. The van der Waals surface area contributed by atoms with Crippen molar-refractivity contribution in [2.24, 2.45) is 11.8 Å². The molecule has 2 aliphatic rings. The van der Waals surface area contributed by atoms with Crippen molar-refractivity contribution in [3.63, 3.8) is 0 Å². The number of nitrogens with zero attached hydrogens (tertiary/aromatic N) is 4. The van der Waals surface area contributed by atoms with Gasteiger partial charge in [0.05, 0.1) is 12.6 Å². The van der Waals surface area contributed by atoms with E-state index in [4.69, 9.17) is 14.8 Å². The van der Waals surface area contributed by atoms with Crippen LogP contribution in [0.4, 0.5) is 0 Å². The van der Waals surface area contributed by atoms with Crippen molar-refractivity contribution < 1.29 is 19.1 Å². The molecule has 2 aliphatic heterocycles. The summed E-state index contributed by atoms with van der Waals surface area (Å²) in [5.74, 6) is 1.62. The molecular formula is C29H42N6O4S. The lowest BCUT2D eigenvalue weighted by atomic mass is 9.98. The second-order valence-corrected chi connectivity index (χ2v) is 11.8. The molecule has 1 aromatic carbocycles.